The summed E-state index contributed by atoms with van der Waals surface area (Å²) in [4.78, 5) is 11.0. The Balaban J connectivity index is 2.78. The zero-order chi connectivity index (χ0) is 10.6. The number of aryl methyl sites for hydroxylation is 1. The van der Waals surface area contributed by atoms with Gasteiger partial charge in [-0.15, -0.1) is 0 Å². The first-order chi connectivity index (χ1) is 6.63. The molecular weight excluding hydrogens is 295 g/mol. The van der Waals surface area contributed by atoms with Gasteiger partial charge in [0, 0.05) is 9.26 Å². The lowest BCUT2D eigenvalue weighted by Crippen LogP contribution is -2.12. The van der Waals surface area contributed by atoms with E-state index in [-0.39, 0.29) is 0 Å². The van der Waals surface area contributed by atoms with E-state index < -0.39 is 5.91 Å². The number of halogens is 1. The van der Waals surface area contributed by atoms with Crippen molar-refractivity contribution in [3.8, 4) is 0 Å². The lowest BCUT2D eigenvalue weighted by Gasteiger charge is -2.03. The predicted molar refractivity (Wildman–Crippen MR) is 62.8 cm³/mol. The summed E-state index contributed by atoms with van der Waals surface area (Å²) in [5.41, 5.74) is 1.78. The molecular formula is C9H9IN2O2. The van der Waals surface area contributed by atoms with Gasteiger partial charge in [-0.1, -0.05) is 5.16 Å². The van der Waals surface area contributed by atoms with Crippen LogP contribution in [0.4, 0.5) is 5.69 Å². The molecule has 0 aliphatic rings. The van der Waals surface area contributed by atoms with Gasteiger partial charge in [0.25, 0.3) is 5.91 Å². The molecule has 0 aliphatic heterocycles. The fourth-order valence-corrected chi connectivity index (χ4v) is 1.28. The molecule has 74 valence electrons. The Bertz CT molecular complexity index is 377. The maximum atomic E-state index is 11.0. The third kappa shape index (κ3) is 2.99. The predicted octanol–water partition coefficient (Wildman–Crippen LogP) is 2.00. The Morgan fingerprint density at radius 1 is 1.64 bits per heavy atom. The summed E-state index contributed by atoms with van der Waals surface area (Å²) < 4.78 is 1.14. The second-order valence-electron chi connectivity index (χ2n) is 2.70. The Kier molecular flexibility index (Phi) is 3.87. The molecule has 0 aliphatic carbocycles. The standard InChI is InChI=1S/C9H9IN2O2/c1-6-4-7(2-3-8(6)10)12-9(13)5-11-14/h2-5,14H,1H3,(H,12,13)/b11-5-. The highest BCUT2D eigenvalue weighted by Crippen LogP contribution is 2.16. The molecule has 0 saturated heterocycles. The average molecular weight is 304 g/mol. The van der Waals surface area contributed by atoms with E-state index in [9.17, 15) is 4.79 Å². The molecule has 0 heterocycles. The van der Waals surface area contributed by atoms with Crippen LogP contribution in [0.25, 0.3) is 0 Å². The summed E-state index contributed by atoms with van der Waals surface area (Å²) in [7, 11) is 0. The second kappa shape index (κ2) is 4.94. The fraction of sp³-hybridized carbons (Fsp3) is 0.111. The van der Waals surface area contributed by atoms with E-state index in [1.807, 2.05) is 19.1 Å². The molecule has 0 fully saturated rings. The third-order valence-corrected chi connectivity index (χ3v) is 2.81. The lowest BCUT2D eigenvalue weighted by molar-refractivity contribution is -0.110. The molecule has 4 nitrogen and oxygen atoms in total. The van der Waals surface area contributed by atoms with Crippen LogP contribution in [0.2, 0.25) is 0 Å². The van der Waals surface area contributed by atoms with Crippen LogP contribution in [0.3, 0.4) is 0 Å². The topological polar surface area (TPSA) is 61.7 Å². The first-order valence-corrected chi connectivity index (χ1v) is 4.96. The van der Waals surface area contributed by atoms with E-state index in [0.29, 0.717) is 5.69 Å². The summed E-state index contributed by atoms with van der Waals surface area (Å²) in [5, 5.41) is 13.3. The molecule has 0 bridgehead atoms. The molecule has 0 radical (unpaired) electrons. The molecule has 0 atom stereocenters. The van der Waals surface area contributed by atoms with Crippen molar-refractivity contribution in [2.45, 2.75) is 6.92 Å². The van der Waals surface area contributed by atoms with Crippen molar-refractivity contribution in [3.63, 3.8) is 0 Å². The monoisotopic (exact) mass is 304 g/mol. The Labute approximate surface area is 95.1 Å². The maximum absolute atomic E-state index is 11.0. The fourth-order valence-electron chi connectivity index (χ4n) is 0.949. The molecule has 1 rings (SSSR count). The van der Waals surface area contributed by atoms with E-state index >= 15 is 0 Å². The van der Waals surface area contributed by atoms with Crippen LogP contribution in [0.15, 0.2) is 23.4 Å². The van der Waals surface area contributed by atoms with E-state index in [1.165, 1.54) is 0 Å². The summed E-state index contributed by atoms with van der Waals surface area (Å²) in [6.45, 7) is 1.96. The van der Waals surface area contributed by atoms with E-state index in [1.54, 1.807) is 6.07 Å². The number of benzene rings is 1. The van der Waals surface area contributed by atoms with Gasteiger partial charge < -0.3 is 10.5 Å². The number of nitrogens with zero attached hydrogens (tertiary/aromatic N) is 1. The van der Waals surface area contributed by atoms with Gasteiger partial charge >= 0.3 is 0 Å². The smallest absolute Gasteiger partial charge is 0.270 e. The zero-order valence-electron chi connectivity index (χ0n) is 7.49. The van der Waals surface area contributed by atoms with Crippen molar-refractivity contribution in [2.75, 3.05) is 5.32 Å². The van der Waals surface area contributed by atoms with Crippen molar-refractivity contribution in [2.24, 2.45) is 5.16 Å². The van der Waals surface area contributed by atoms with Gasteiger partial charge in [0.15, 0.2) is 0 Å². The third-order valence-electron chi connectivity index (χ3n) is 1.60. The second-order valence-corrected chi connectivity index (χ2v) is 3.86. The van der Waals surface area contributed by atoms with Crippen LogP contribution in [0.5, 0.6) is 0 Å². The number of anilines is 1. The quantitative estimate of drug-likeness (QED) is 0.380. The number of carbonyl (C=O) groups excluding carboxylic acids is 1. The van der Waals surface area contributed by atoms with E-state index in [0.717, 1.165) is 15.3 Å². The number of nitrogens with one attached hydrogen (secondary N) is 1. The van der Waals surface area contributed by atoms with Crippen LogP contribution in [0.1, 0.15) is 5.56 Å². The SMILES string of the molecule is Cc1cc(NC(=O)/C=N\O)ccc1I. The number of carbonyl (C=O) groups is 1. The molecule has 5 heteroatoms. The summed E-state index contributed by atoms with van der Waals surface area (Å²) >= 11 is 2.21. The molecule has 0 aromatic heterocycles. The number of hydrogen-bond donors (Lipinski definition) is 2. The molecule has 1 aromatic rings. The molecule has 1 aromatic carbocycles. The lowest BCUT2D eigenvalue weighted by atomic mass is 10.2. The summed E-state index contributed by atoms with van der Waals surface area (Å²) in [5.74, 6) is -0.451. The van der Waals surface area contributed by atoms with Gasteiger partial charge in [-0.05, 0) is 53.3 Å². The molecule has 0 spiro atoms. The van der Waals surface area contributed by atoms with E-state index in [4.69, 9.17) is 5.21 Å². The summed E-state index contributed by atoms with van der Waals surface area (Å²) in [6.07, 6.45) is 0.813. The first-order valence-electron chi connectivity index (χ1n) is 3.88. The van der Waals surface area contributed by atoms with Gasteiger partial charge in [0.05, 0.1) is 0 Å². The van der Waals surface area contributed by atoms with Gasteiger partial charge in [0.1, 0.15) is 6.21 Å². The summed E-state index contributed by atoms with van der Waals surface area (Å²) in [6, 6.07) is 5.55. The van der Waals surface area contributed by atoms with Gasteiger partial charge in [-0.3, -0.25) is 4.79 Å². The average Bonchev–Trinajstić information content (AvgIpc) is 2.12. The highest BCUT2D eigenvalue weighted by molar-refractivity contribution is 14.1. The minimum Gasteiger partial charge on any atom is -0.411 e. The van der Waals surface area contributed by atoms with Crippen LogP contribution < -0.4 is 5.32 Å². The molecule has 14 heavy (non-hydrogen) atoms. The minimum absolute atomic E-state index is 0.451. The van der Waals surface area contributed by atoms with Crippen LogP contribution in [-0.4, -0.2) is 17.3 Å². The Morgan fingerprint density at radius 2 is 2.36 bits per heavy atom. The number of hydrogen-bond acceptors (Lipinski definition) is 3. The van der Waals surface area contributed by atoms with Crippen LogP contribution in [0, 0.1) is 10.5 Å². The van der Waals surface area contributed by atoms with Gasteiger partial charge in [0.2, 0.25) is 0 Å². The largest absolute Gasteiger partial charge is 0.411 e. The van der Waals surface area contributed by atoms with Gasteiger partial charge in [-0.25, -0.2) is 0 Å². The van der Waals surface area contributed by atoms with Crippen molar-refractivity contribution < 1.29 is 10.0 Å². The minimum atomic E-state index is -0.451. The Hall–Kier alpha value is -1.11. The number of rotatable bonds is 2. The number of amides is 1. The highest BCUT2D eigenvalue weighted by Gasteiger charge is 2.00. The van der Waals surface area contributed by atoms with Crippen molar-refractivity contribution in [1.82, 2.24) is 0 Å². The maximum Gasteiger partial charge on any atom is 0.270 e. The van der Waals surface area contributed by atoms with Crippen molar-refractivity contribution >= 4 is 40.4 Å². The van der Waals surface area contributed by atoms with Gasteiger partial charge in [-0.2, -0.15) is 0 Å². The first kappa shape index (κ1) is 11.0. The van der Waals surface area contributed by atoms with Crippen LogP contribution >= 0.6 is 22.6 Å². The molecule has 2 N–H and O–H groups in total. The zero-order valence-corrected chi connectivity index (χ0v) is 9.65. The Morgan fingerprint density at radius 3 is 2.93 bits per heavy atom. The highest BCUT2D eigenvalue weighted by atomic mass is 127. The van der Waals surface area contributed by atoms with Crippen LogP contribution in [-0.2, 0) is 4.79 Å². The van der Waals surface area contributed by atoms with Crippen molar-refractivity contribution in [3.05, 3.63) is 27.3 Å². The molecule has 1 amide bonds. The normalized spacial score (nSPS) is 10.4. The molecule has 0 unspecified atom stereocenters. The van der Waals surface area contributed by atoms with E-state index in [2.05, 4.69) is 33.1 Å². The van der Waals surface area contributed by atoms with Crippen molar-refractivity contribution in [1.29, 1.82) is 0 Å². The number of oxime groups is 1. The molecule has 0 saturated carbocycles.